The Morgan fingerprint density at radius 1 is 1.04 bits per heavy atom. The first-order valence-corrected chi connectivity index (χ1v) is 8.04. The molecule has 2 N–H and O–H groups in total. The van der Waals surface area contributed by atoms with Crippen LogP contribution in [0.3, 0.4) is 0 Å². The Kier molecular flexibility index (Phi) is 5.29. The SMILES string of the molecule is COc1cc(/C=C/C=C2N=C(/C=C/c3ccccc3)NC\2=O)ccc1O. The van der Waals surface area contributed by atoms with Gasteiger partial charge in [-0.15, -0.1) is 0 Å². The van der Waals surface area contributed by atoms with E-state index in [9.17, 15) is 9.90 Å². The number of methoxy groups -OCH3 is 1. The fourth-order valence-electron chi connectivity index (χ4n) is 2.37. The molecule has 0 fully saturated rings. The highest BCUT2D eigenvalue weighted by molar-refractivity contribution is 6.17. The minimum absolute atomic E-state index is 0.0811. The van der Waals surface area contributed by atoms with E-state index >= 15 is 0 Å². The lowest BCUT2D eigenvalue weighted by atomic mass is 10.2. The highest BCUT2D eigenvalue weighted by Crippen LogP contribution is 2.26. The Morgan fingerprint density at radius 3 is 2.62 bits per heavy atom. The molecule has 0 bridgehead atoms. The second-order valence-electron chi connectivity index (χ2n) is 5.54. The van der Waals surface area contributed by atoms with Gasteiger partial charge < -0.3 is 15.2 Å². The van der Waals surface area contributed by atoms with Crippen molar-refractivity contribution in [3.05, 3.63) is 83.6 Å². The number of allylic oxidation sites excluding steroid dienone is 2. The normalized spacial score (nSPS) is 15.7. The van der Waals surface area contributed by atoms with E-state index in [-0.39, 0.29) is 11.7 Å². The van der Waals surface area contributed by atoms with Gasteiger partial charge in [0.25, 0.3) is 5.91 Å². The van der Waals surface area contributed by atoms with Crippen LogP contribution in [0.25, 0.3) is 12.2 Å². The lowest BCUT2D eigenvalue weighted by molar-refractivity contribution is -0.115. The molecule has 5 nitrogen and oxygen atoms in total. The summed E-state index contributed by atoms with van der Waals surface area (Å²) < 4.78 is 5.07. The van der Waals surface area contributed by atoms with Gasteiger partial charge in [-0.3, -0.25) is 4.79 Å². The van der Waals surface area contributed by atoms with Gasteiger partial charge in [-0.2, -0.15) is 0 Å². The number of phenols is 1. The van der Waals surface area contributed by atoms with E-state index in [4.69, 9.17) is 4.74 Å². The average molecular weight is 346 g/mol. The number of carbonyl (C=O) groups is 1. The number of aliphatic imine (C=N–C) groups is 1. The fourth-order valence-corrected chi connectivity index (χ4v) is 2.37. The summed E-state index contributed by atoms with van der Waals surface area (Å²) >= 11 is 0. The molecule has 1 aliphatic heterocycles. The third-order valence-electron chi connectivity index (χ3n) is 3.69. The van der Waals surface area contributed by atoms with Crippen LogP contribution in [0.5, 0.6) is 11.5 Å². The number of benzene rings is 2. The Hall–Kier alpha value is -3.60. The molecule has 5 heteroatoms. The second-order valence-corrected chi connectivity index (χ2v) is 5.54. The van der Waals surface area contributed by atoms with Crippen molar-refractivity contribution in [2.75, 3.05) is 7.11 Å². The summed E-state index contributed by atoms with van der Waals surface area (Å²) in [4.78, 5) is 16.2. The van der Waals surface area contributed by atoms with Crippen molar-refractivity contribution in [2.24, 2.45) is 4.99 Å². The van der Waals surface area contributed by atoms with Crippen molar-refractivity contribution in [3.63, 3.8) is 0 Å². The lowest BCUT2D eigenvalue weighted by Gasteiger charge is -2.03. The third-order valence-corrected chi connectivity index (χ3v) is 3.69. The summed E-state index contributed by atoms with van der Waals surface area (Å²) in [5, 5.41) is 12.3. The number of rotatable bonds is 5. The maximum Gasteiger partial charge on any atom is 0.275 e. The maximum atomic E-state index is 12.0. The zero-order valence-electron chi connectivity index (χ0n) is 14.2. The zero-order chi connectivity index (χ0) is 18.4. The Labute approximate surface area is 151 Å². The summed E-state index contributed by atoms with van der Waals surface area (Å²) in [6.45, 7) is 0. The van der Waals surface area contributed by atoms with Crippen LogP contribution in [0, 0.1) is 0 Å². The number of nitrogens with zero attached hydrogens (tertiary/aromatic N) is 1. The van der Waals surface area contributed by atoms with Gasteiger partial charge in [0.1, 0.15) is 11.5 Å². The Bertz CT molecular complexity index is 926. The lowest BCUT2D eigenvalue weighted by Crippen LogP contribution is -2.22. The molecule has 0 saturated heterocycles. The number of hydrogen-bond donors (Lipinski definition) is 2. The third kappa shape index (κ3) is 4.27. The van der Waals surface area contributed by atoms with Gasteiger partial charge in [0.15, 0.2) is 11.5 Å². The summed E-state index contributed by atoms with van der Waals surface area (Å²) in [5.41, 5.74) is 2.20. The molecule has 130 valence electrons. The minimum Gasteiger partial charge on any atom is -0.504 e. The Morgan fingerprint density at radius 2 is 1.85 bits per heavy atom. The van der Waals surface area contributed by atoms with E-state index in [0.717, 1.165) is 11.1 Å². The molecule has 0 saturated carbocycles. The molecule has 0 aromatic heterocycles. The molecular weight excluding hydrogens is 328 g/mol. The number of phenolic OH excluding ortho intramolecular Hbond substituents is 1. The highest BCUT2D eigenvalue weighted by atomic mass is 16.5. The van der Waals surface area contributed by atoms with Crippen molar-refractivity contribution >= 4 is 23.9 Å². The number of ether oxygens (including phenoxy) is 1. The molecular formula is C21H18N2O3. The molecule has 1 amide bonds. The van der Waals surface area contributed by atoms with E-state index in [1.807, 2.05) is 36.4 Å². The van der Waals surface area contributed by atoms with E-state index in [1.165, 1.54) is 7.11 Å². The molecule has 0 aliphatic carbocycles. The van der Waals surface area contributed by atoms with Crippen molar-refractivity contribution < 1.29 is 14.6 Å². The summed E-state index contributed by atoms with van der Waals surface area (Å²) in [6, 6.07) is 14.8. The molecule has 26 heavy (non-hydrogen) atoms. The molecule has 3 rings (SSSR count). The van der Waals surface area contributed by atoms with Crippen LogP contribution in [-0.2, 0) is 4.79 Å². The van der Waals surface area contributed by atoms with Gasteiger partial charge in [-0.25, -0.2) is 4.99 Å². The van der Waals surface area contributed by atoms with E-state index in [2.05, 4.69) is 10.3 Å². The summed E-state index contributed by atoms with van der Waals surface area (Å²) in [5.74, 6) is 0.734. The molecule has 0 unspecified atom stereocenters. The van der Waals surface area contributed by atoms with Gasteiger partial charge in [0.05, 0.1) is 7.11 Å². The predicted octanol–water partition coefficient (Wildman–Crippen LogP) is 3.54. The highest BCUT2D eigenvalue weighted by Gasteiger charge is 2.16. The van der Waals surface area contributed by atoms with Crippen LogP contribution in [0.2, 0.25) is 0 Å². The number of nitrogens with one attached hydrogen (secondary N) is 1. The summed E-state index contributed by atoms with van der Waals surface area (Å²) in [7, 11) is 1.49. The molecule has 0 spiro atoms. The van der Waals surface area contributed by atoms with Crippen LogP contribution in [0.15, 0.2) is 77.4 Å². The van der Waals surface area contributed by atoms with Crippen molar-refractivity contribution in [3.8, 4) is 11.5 Å². The number of aromatic hydroxyl groups is 1. The molecule has 1 heterocycles. The standard InChI is InChI=1S/C21H18N2O3/c1-26-19-14-16(10-12-18(19)24)8-5-9-17-21(25)23-20(22-17)13-11-15-6-3-2-4-7-15/h2-14,24H,1H3,(H,22,23,25)/b8-5+,13-11+,17-9-. The van der Waals surface area contributed by atoms with Gasteiger partial charge >= 0.3 is 0 Å². The van der Waals surface area contributed by atoms with E-state index in [1.54, 1.807) is 42.5 Å². The second kappa shape index (κ2) is 7.98. The van der Waals surface area contributed by atoms with Crippen molar-refractivity contribution in [2.45, 2.75) is 0 Å². The fraction of sp³-hybridized carbons (Fsp3) is 0.0476. The first kappa shape index (κ1) is 17.2. The Balaban J connectivity index is 1.71. The minimum atomic E-state index is -0.245. The molecule has 1 aliphatic rings. The molecule has 2 aromatic carbocycles. The smallest absolute Gasteiger partial charge is 0.275 e. The number of amides is 1. The number of amidine groups is 1. The van der Waals surface area contributed by atoms with Gasteiger partial charge in [0, 0.05) is 0 Å². The first-order chi connectivity index (χ1) is 12.7. The van der Waals surface area contributed by atoms with Crippen molar-refractivity contribution in [1.82, 2.24) is 5.32 Å². The monoisotopic (exact) mass is 346 g/mol. The summed E-state index contributed by atoms with van der Waals surface area (Å²) in [6.07, 6.45) is 8.82. The quantitative estimate of drug-likeness (QED) is 0.814. The van der Waals surface area contributed by atoms with Gasteiger partial charge in [-0.05, 0) is 35.4 Å². The largest absolute Gasteiger partial charge is 0.504 e. The van der Waals surface area contributed by atoms with Crippen LogP contribution < -0.4 is 10.1 Å². The molecule has 0 atom stereocenters. The zero-order valence-corrected chi connectivity index (χ0v) is 14.2. The average Bonchev–Trinajstić information content (AvgIpc) is 3.02. The van der Waals surface area contributed by atoms with Crippen LogP contribution in [-0.4, -0.2) is 24.0 Å². The number of carbonyl (C=O) groups excluding carboxylic acids is 1. The van der Waals surface area contributed by atoms with Crippen LogP contribution in [0.4, 0.5) is 0 Å². The number of hydrogen-bond acceptors (Lipinski definition) is 4. The predicted molar refractivity (Wildman–Crippen MR) is 103 cm³/mol. The topological polar surface area (TPSA) is 70.9 Å². The van der Waals surface area contributed by atoms with E-state index in [0.29, 0.717) is 17.3 Å². The van der Waals surface area contributed by atoms with Gasteiger partial charge in [0.2, 0.25) is 0 Å². The van der Waals surface area contributed by atoms with Gasteiger partial charge in [-0.1, -0.05) is 54.6 Å². The first-order valence-electron chi connectivity index (χ1n) is 8.04. The van der Waals surface area contributed by atoms with Crippen molar-refractivity contribution in [1.29, 1.82) is 0 Å². The maximum absolute atomic E-state index is 12.0. The molecule has 0 radical (unpaired) electrons. The van der Waals surface area contributed by atoms with Crippen LogP contribution >= 0.6 is 0 Å². The van der Waals surface area contributed by atoms with E-state index < -0.39 is 0 Å². The molecule has 2 aromatic rings. The van der Waals surface area contributed by atoms with Crippen LogP contribution in [0.1, 0.15) is 11.1 Å².